The molecule has 1 saturated heterocycles. The van der Waals surface area contributed by atoms with Gasteiger partial charge in [0.2, 0.25) is 0 Å². The summed E-state index contributed by atoms with van der Waals surface area (Å²) >= 11 is 0. The molecule has 5 rings (SSSR count). The summed E-state index contributed by atoms with van der Waals surface area (Å²) < 4.78 is 6.06. The Hall–Kier alpha value is -1.90. The van der Waals surface area contributed by atoms with Gasteiger partial charge in [0.25, 0.3) is 0 Å². The minimum absolute atomic E-state index is 0.00170. The molecule has 5 heteroatoms. The van der Waals surface area contributed by atoms with Crippen LogP contribution in [0.5, 0.6) is 5.75 Å². The Labute approximate surface area is 134 Å². The number of nitrogens with zero attached hydrogens (tertiary/aromatic N) is 2. The first-order chi connectivity index (χ1) is 11.0. The SMILES string of the molecule is CN1CCC23c4c5ccc(C#N)c4OC2C(=O)CCC3(O)C1C5. The largest absolute Gasteiger partial charge is 0.480 e. The van der Waals surface area contributed by atoms with Gasteiger partial charge in [-0.25, -0.2) is 0 Å². The van der Waals surface area contributed by atoms with Crippen LogP contribution in [0.25, 0.3) is 0 Å². The smallest absolute Gasteiger partial charge is 0.174 e. The first kappa shape index (κ1) is 13.5. The number of carbonyl (C=O) groups is 1. The lowest BCUT2D eigenvalue weighted by atomic mass is 9.49. The van der Waals surface area contributed by atoms with Crippen LogP contribution < -0.4 is 4.74 Å². The molecule has 2 fully saturated rings. The predicted octanol–water partition coefficient (Wildman–Crippen LogP) is 0.911. The van der Waals surface area contributed by atoms with Crippen molar-refractivity contribution in [3.8, 4) is 11.8 Å². The molecule has 4 atom stereocenters. The molecule has 0 aromatic heterocycles. The van der Waals surface area contributed by atoms with Gasteiger partial charge in [-0.2, -0.15) is 5.26 Å². The zero-order chi connectivity index (χ0) is 16.0. The van der Waals surface area contributed by atoms with Crippen LogP contribution in [-0.2, 0) is 16.6 Å². The van der Waals surface area contributed by atoms with Crippen molar-refractivity contribution >= 4 is 5.78 Å². The van der Waals surface area contributed by atoms with Gasteiger partial charge in [-0.1, -0.05) is 6.07 Å². The summed E-state index contributed by atoms with van der Waals surface area (Å²) in [5.74, 6) is 0.609. The summed E-state index contributed by atoms with van der Waals surface area (Å²) in [6, 6.07) is 5.95. The number of Topliss-reactive ketones (excluding diaryl/α,β-unsaturated/α-hetero) is 1. The van der Waals surface area contributed by atoms with Gasteiger partial charge in [0.05, 0.1) is 16.6 Å². The topological polar surface area (TPSA) is 73.6 Å². The van der Waals surface area contributed by atoms with Crippen molar-refractivity contribution < 1.29 is 14.6 Å². The first-order valence-electron chi connectivity index (χ1n) is 8.21. The number of hydrogen-bond acceptors (Lipinski definition) is 5. The lowest BCUT2D eigenvalue weighted by Gasteiger charge is -2.62. The van der Waals surface area contributed by atoms with E-state index in [4.69, 9.17) is 4.74 Å². The molecule has 0 radical (unpaired) electrons. The van der Waals surface area contributed by atoms with Crippen LogP contribution in [0, 0.1) is 11.3 Å². The van der Waals surface area contributed by atoms with Gasteiger partial charge in [-0.15, -0.1) is 0 Å². The molecule has 1 aromatic rings. The van der Waals surface area contributed by atoms with E-state index in [1.807, 2.05) is 13.1 Å². The molecule has 23 heavy (non-hydrogen) atoms. The van der Waals surface area contributed by atoms with Gasteiger partial charge < -0.3 is 14.7 Å². The Kier molecular flexibility index (Phi) is 2.32. The van der Waals surface area contributed by atoms with Gasteiger partial charge in [0.15, 0.2) is 11.9 Å². The van der Waals surface area contributed by atoms with Crippen molar-refractivity contribution in [2.45, 2.75) is 48.8 Å². The van der Waals surface area contributed by atoms with Crippen molar-refractivity contribution in [3.05, 3.63) is 28.8 Å². The van der Waals surface area contributed by atoms with Crippen molar-refractivity contribution in [2.24, 2.45) is 0 Å². The number of likely N-dealkylation sites (N-methyl/N-ethyl adjacent to an activating group) is 1. The molecule has 0 amide bonds. The lowest BCUT2D eigenvalue weighted by Crippen LogP contribution is -2.76. The second-order valence-electron chi connectivity index (χ2n) is 7.40. The molecular formula is C18H18N2O3. The van der Waals surface area contributed by atoms with E-state index in [1.165, 1.54) is 0 Å². The highest BCUT2D eigenvalue weighted by molar-refractivity contribution is 5.90. The van der Waals surface area contributed by atoms with E-state index in [0.717, 1.165) is 24.1 Å². The maximum Gasteiger partial charge on any atom is 0.174 e. The van der Waals surface area contributed by atoms with Crippen LogP contribution in [-0.4, -0.2) is 47.1 Å². The number of hydrogen-bond donors (Lipinski definition) is 1. The van der Waals surface area contributed by atoms with E-state index in [0.29, 0.717) is 30.6 Å². The summed E-state index contributed by atoms with van der Waals surface area (Å²) in [6.45, 7) is 0.829. The molecule has 4 unspecified atom stereocenters. The van der Waals surface area contributed by atoms with E-state index >= 15 is 0 Å². The molecule has 2 aliphatic carbocycles. The molecule has 1 saturated carbocycles. The van der Waals surface area contributed by atoms with Gasteiger partial charge in [-0.3, -0.25) is 4.79 Å². The van der Waals surface area contributed by atoms with Gasteiger partial charge in [0.1, 0.15) is 11.8 Å². The highest BCUT2D eigenvalue weighted by atomic mass is 16.5. The quantitative estimate of drug-likeness (QED) is 0.771. The average Bonchev–Trinajstić information content (AvgIpc) is 2.90. The Morgan fingerprint density at radius 3 is 3.04 bits per heavy atom. The zero-order valence-electron chi connectivity index (χ0n) is 13.0. The Balaban J connectivity index is 1.88. The number of likely N-dealkylation sites (tertiary alicyclic amines) is 1. The molecular weight excluding hydrogens is 292 g/mol. The van der Waals surface area contributed by atoms with Crippen LogP contribution in [0.3, 0.4) is 0 Å². The van der Waals surface area contributed by atoms with Crippen molar-refractivity contribution in [2.75, 3.05) is 13.6 Å². The first-order valence-corrected chi connectivity index (χ1v) is 8.21. The molecule has 4 aliphatic rings. The van der Waals surface area contributed by atoms with Gasteiger partial charge >= 0.3 is 0 Å². The summed E-state index contributed by atoms with van der Waals surface area (Å²) in [5.41, 5.74) is 0.916. The Morgan fingerprint density at radius 2 is 2.26 bits per heavy atom. The second-order valence-corrected chi connectivity index (χ2v) is 7.40. The highest BCUT2D eigenvalue weighted by Gasteiger charge is 2.72. The summed E-state index contributed by atoms with van der Waals surface area (Å²) in [4.78, 5) is 14.8. The molecule has 5 nitrogen and oxygen atoms in total. The van der Waals surface area contributed by atoms with Gasteiger partial charge in [0, 0.05) is 18.0 Å². The van der Waals surface area contributed by atoms with Crippen molar-refractivity contribution in [1.82, 2.24) is 4.90 Å². The van der Waals surface area contributed by atoms with Crippen LogP contribution >= 0.6 is 0 Å². The molecule has 1 spiro atoms. The number of piperidine rings is 1. The minimum Gasteiger partial charge on any atom is -0.480 e. The summed E-state index contributed by atoms with van der Waals surface area (Å²) in [6.07, 6.45) is 1.63. The lowest BCUT2D eigenvalue weighted by molar-refractivity contribution is -0.185. The second kappa shape index (κ2) is 3.95. The molecule has 2 bridgehead atoms. The van der Waals surface area contributed by atoms with E-state index < -0.39 is 17.1 Å². The number of carbonyl (C=O) groups excluding carboxylic acids is 1. The predicted molar refractivity (Wildman–Crippen MR) is 81.2 cm³/mol. The zero-order valence-corrected chi connectivity index (χ0v) is 13.0. The van der Waals surface area contributed by atoms with Crippen molar-refractivity contribution in [1.29, 1.82) is 5.26 Å². The molecule has 2 heterocycles. The number of benzene rings is 1. The molecule has 118 valence electrons. The van der Waals surface area contributed by atoms with E-state index in [2.05, 4.69) is 11.0 Å². The van der Waals surface area contributed by atoms with E-state index in [9.17, 15) is 15.2 Å². The fourth-order valence-electron chi connectivity index (χ4n) is 5.64. The molecule has 1 N–H and O–H groups in total. The van der Waals surface area contributed by atoms with E-state index in [1.54, 1.807) is 6.07 Å². The fraction of sp³-hybridized carbons (Fsp3) is 0.556. The normalized spacial score (nSPS) is 40.3. The molecule has 1 aromatic carbocycles. The van der Waals surface area contributed by atoms with Crippen LogP contribution in [0.1, 0.15) is 36.0 Å². The maximum absolute atomic E-state index is 12.6. The van der Waals surface area contributed by atoms with Crippen LogP contribution in [0.4, 0.5) is 0 Å². The highest BCUT2D eigenvalue weighted by Crippen LogP contribution is 2.63. The third-order valence-corrected chi connectivity index (χ3v) is 6.67. The number of ketones is 1. The fourth-order valence-corrected chi connectivity index (χ4v) is 5.64. The van der Waals surface area contributed by atoms with Gasteiger partial charge in [-0.05, 0) is 44.5 Å². The van der Waals surface area contributed by atoms with E-state index in [-0.39, 0.29) is 11.8 Å². The Morgan fingerprint density at radius 1 is 1.43 bits per heavy atom. The minimum atomic E-state index is -0.953. The van der Waals surface area contributed by atoms with Crippen LogP contribution in [0.2, 0.25) is 0 Å². The van der Waals surface area contributed by atoms with Crippen molar-refractivity contribution in [3.63, 3.8) is 0 Å². The molecule has 2 aliphatic heterocycles. The number of nitriles is 1. The third kappa shape index (κ3) is 1.27. The third-order valence-electron chi connectivity index (χ3n) is 6.67. The average molecular weight is 310 g/mol. The van der Waals surface area contributed by atoms with Crippen LogP contribution in [0.15, 0.2) is 12.1 Å². The monoisotopic (exact) mass is 310 g/mol. The standard InChI is InChI=1S/C18H18N2O3/c1-20-7-6-17-14-10-2-3-11(9-19)15(14)23-16(17)12(21)4-5-18(17,22)13(20)8-10/h2-3,13,16,22H,4-8H2,1H3. The number of aliphatic hydroxyl groups is 1. The summed E-state index contributed by atoms with van der Waals surface area (Å²) in [5, 5.41) is 21.1. The summed E-state index contributed by atoms with van der Waals surface area (Å²) in [7, 11) is 2.05. The number of rotatable bonds is 0. The maximum atomic E-state index is 12.6. The Bertz CT molecular complexity index is 798. The number of ether oxygens (including phenoxy) is 1.